The second-order valence-corrected chi connectivity index (χ2v) is 28.2. The van der Waals surface area contributed by atoms with E-state index < -0.39 is 28.7 Å². The molecule has 4 aromatic carbocycles. The summed E-state index contributed by atoms with van der Waals surface area (Å²) in [6.07, 6.45) is 8.66. The van der Waals surface area contributed by atoms with Gasteiger partial charge in [-0.05, 0) is 83.6 Å². The number of aliphatic hydroxyl groups is 2. The van der Waals surface area contributed by atoms with E-state index in [0.717, 1.165) is 58.2 Å². The molecule has 1 aliphatic heterocycles. The predicted molar refractivity (Wildman–Crippen MR) is 302 cm³/mol. The summed E-state index contributed by atoms with van der Waals surface area (Å²) in [6.45, 7) is 18.4. The molecule has 0 radical (unpaired) electrons. The van der Waals surface area contributed by atoms with Crippen LogP contribution in [0.15, 0.2) is 219 Å². The minimum atomic E-state index is -1.11. The number of rotatable bonds is 14. The molecular formula is C60H74Fe2N7O3Si2-. The van der Waals surface area contributed by atoms with Crippen LogP contribution in [0.2, 0.25) is 39.3 Å². The molecule has 9 rings (SSSR count). The van der Waals surface area contributed by atoms with E-state index in [1.807, 2.05) is 194 Å². The van der Waals surface area contributed by atoms with Crippen LogP contribution in [0.3, 0.4) is 0 Å². The average molecular weight is 1110 g/mol. The number of aromatic nitrogens is 4. The Kier molecular flexibility index (Phi) is 33.5. The number of hydrogen-bond acceptors (Lipinski definition) is 7. The molecule has 0 aliphatic carbocycles. The number of pyridine rings is 4. The molecule has 1 aliphatic rings. The molecule has 0 amide bonds. The Hall–Kier alpha value is -5.29. The first-order valence-corrected chi connectivity index (χ1v) is 31.5. The van der Waals surface area contributed by atoms with Crippen LogP contribution in [0, 0.1) is 0 Å². The van der Waals surface area contributed by atoms with E-state index in [1.165, 1.54) is 12.8 Å². The second-order valence-electron chi connectivity index (χ2n) is 18.6. The van der Waals surface area contributed by atoms with Gasteiger partial charge >= 0.3 is 17.1 Å². The Balaban J connectivity index is 0.000000309. The molecular weight excluding hydrogens is 1030 g/mol. The van der Waals surface area contributed by atoms with Crippen molar-refractivity contribution in [1.82, 2.24) is 19.9 Å². The zero-order valence-electron chi connectivity index (χ0n) is 43.7. The largest absolute Gasteiger partial charge is 2.00 e. The van der Waals surface area contributed by atoms with Gasteiger partial charge in [-0.3, -0.25) is 19.9 Å². The number of ether oxygens (including phenoxy) is 1. The summed E-state index contributed by atoms with van der Waals surface area (Å²) < 4.78 is 9.76. The van der Waals surface area contributed by atoms with Crippen molar-refractivity contribution in [3.8, 4) is 0 Å². The summed E-state index contributed by atoms with van der Waals surface area (Å²) in [4.78, 5) is 16.8. The molecule has 0 spiro atoms. The van der Waals surface area contributed by atoms with Crippen LogP contribution in [-0.4, -0.2) is 59.8 Å². The third-order valence-corrected chi connectivity index (χ3v) is 15.3. The van der Waals surface area contributed by atoms with E-state index in [0.29, 0.717) is 26.2 Å². The number of aliphatic hydroxyl groups excluding tert-OH is 2. The number of nitrogens with zero attached hydrogens (tertiary/aromatic N) is 7. The summed E-state index contributed by atoms with van der Waals surface area (Å²) >= 11 is 0. The van der Waals surface area contributed by atoms with E-state index >= 15 is 0 Å². The van der Waals surface area contributed by atoms with E-state index in [9.17, 15) is 10.2 Å². The quantitative estimate of drug-likeness (QED) is 0.103. The average Bonchev–Trinajstić information content (AvgIpc) is 4.01. The van der Waals surface area contributed by atoms with Gasteiger partial charge in [0.05, 0.1) is 0 Å². The number of hydrogen-bond donors (Lipinski definition) is 2. The first-order chi connectivity index (χ1) is 34.9. The summed E-state index contributed by atoms with van der Waals surface area (Å²) in [5.74, 6) is 0. The van der Waals surface area contributed by atoms with Crippen LogP contribution in [0.5, 0.6) is 0 Å². The van der Waals surface area contributed by atoms with E-state index in [4.69, 9.17) is 9.38 Å². The van der Waals surface area contributed by atoms with Crippen LogP contribution in [0.1, 0.15) is 70.1 Å². The molecule has 2 N–H and O–H groups in total. The normalized spacial score (nSPS) is 11.4. The summed E-state index contributed by atoms with van der Waals surface area (Å²) in [5.41, 5.74) is 7.69. The topological polar surface area (TPSA) is 144 Å². The molecule has 4 aromatic heterocycles. The Bertz CT molecular complexity index is 2180. The van der Waals surface area contributed by atoms with E-state index in [1.54, 1.807) is 24.8 Å². The fourth-order valence-corrected chi connectivity index (χ4v) is 15.0. The van der Waals surface area contributed by atoms with Gasteiger partial charge in [0.15, 0.2) is 0 Å². The molecule has 10 nitrogen and oxygen atoms in total. The molecule has 1 fully saturated rings. The third-order valence-electron chi connectivity index (χ3n) is 9.96. The maximum absolute atomic E-state index is 9.99. The Morgan fingerprint density at radius 3 is 0.784 bits per heavy atom. The molecule has 74 heavy (non-hydrogen) atoms. The van der Waals surface area contributed by atoms with Crippen molar-refractivity contribution in [2.24, 2.45) is 0 Å². The summed E-state index contributed by atoms with van der Waals surface area (Å²) in [7, 11) is -2.21. The van der Waals surface area contributed by atoms with Gasteiger partial charge < -0.3 is 30.2 Å². The molecule has 0 bridgehead atoms. The summed E-state index contributed by atoms with van der Waals surface area (Å²) in [6, 6.07) is 62.1. The van der Waals surface area contributed by atoms with Crippen molar-refractivity contribution in [3.63, 3.8) is 0 Å². The van der Waals surface area contributed by atoms with Crippen molar-refractivity contribution in [2.75, 3.05) is 13.2 Å². The third kappa shape index (κ3) is 30.2. The van der Waals surface area contributed by atoms with Gasteiger partial charge in [0.25, 0.3) is 0 Å². The monoisotopic (exact) mass is 1110 g/mol. The fourth-order valence-electron chi connectivity index (χ4n) is 6.98. The first-order valence-electron chi connectivity index (χ1n) is 24.6. The van der Waals surface area contributed by atoms with Crippen molar-refractivity contribution in [1.29, 1.82) is 0 Å². The Morgan fingerprint density at radius 1 is 0.392 bits per heavy atom. The van der Waals surface area contributed by atoms with Gasteiger partial charge in [0.1, 0.15) is 12.2 Å². The SMILES string of the molecule is C1CCOC1.C[Si](C)(C)[N-][Si](C)(C)C.OC(c1ccccc1)c1ccccc1.OC(c1ccccc1)c1ccccc1.[Fe+2].[Fe].c1ccc(C[N-]Cc2ccccn2)nc1.c1ccc(C[N-]Cc2ccccn2)nc1. The van der Waals surface area contributed by atoms with Gasteiger partial charge in [-0.25, -0.2) is 0 Å². The molecule has 5 heterocycles. The zero-order valence-corrected chi connectivity index (χ0v) is 47.9. The Morgan fingerprint density at radius 2 is 0.622 bits per heavy atom. The standard InChI is InChI=1S/2C13H12O.2C12H12N3.C6H18NSi2.C4H8O.2Fe/c2*14-13(11-7-3-1-4-8-11)12-9-5-2-6-10-12;2*1-3-7-14-11(5-1)9-13-10-12-6-2-4-8-15-12;1-8(2,3)7-9(4,5)6;1-2-4-5-3-1;;/h2*1-10,13-14H;2*1-8H,9-10H2;1-6H3;1-4H2;;/q;;3*-1;;;+2. The van der Waals surface area contributed by atoms with Crippen LogP contribution >= 0.6 is 0 Å². The maximum Gasteiger partial charge on any atom is 2.00 e. The van der Waals surface area contributed by atoms with Crippen molar-refractivity contribution in [3.05, 3.63) is 279 Å². The van der Waals surface area contributed by atoms with Crippen LogP contribution in [0.25, 0.3) is 15.3 Å². The number of benzene rings is 4. The molecule has 8 aromatic rings. The van der Waals surface area contributed by atoms with Crippen molar-refractivity contribution in [2.45, 2.75) is 90.5 Å². The van der Waals surface area contributed by atoms with Gasteiger partial charge in [0.2, 0.25) is 0 Å². The van der Waals surface area contributed by atoms with Crippen molar-refractivity contribution < 1.29 is 49.1 Å². The Labute approximate surface area is 465 Å². The molecule has 0 saturated carbocycles. The molecule has 1 saturated heterocycles. The van der Waals surface area contributed by atoms with Gasteiger partial charge in [-0.2, -0.15) is 0 Å². The molecule has 0 atom stereocenters. The van der Waals surface area contributed by atoms with Crippen LogP contribution in [0.4, 0.5) is 0 Å². The summed E-state index contributed by atoms with van der Waals surface area (Å²) in [5, 5.41) is 28.8. The molecule has 392 valence electrons. The van der Waals surface area contributed by atoms with Crippen LogP contribution < -0.4 is 0 Å². The first kappa shape index (κ1) is 64.8. The van der Waals surface area contributed by atoms with Gasteiger partial charge in [-0.15, -0.1) is 26.2 Å². The fraction of sp³-hybridized carbons (Fsp3) is 0.267. The smallest absolute Gasteiger partial charge is 0.668 e. The van der Waals surface area contributed by atoms with Crippen LogP contribution in [-0.2, 0) is 65.1 Å². The zero-order chi connectivity index (χ0) is 51.5. The molecule has 0 unspecified atom stereocenters. The van der Waals surface area contributed by atoms with Gasteiger partial charge in [-0.1, -0.05) is 201 Å². The minimum Gasteiger partial charge on any atom is -0.668 e. The van der Waals surface area contributed by atoms with Crippen molar-refractivity contribution >= 4 is 16.5 Å². The van der Waals surface area contributed by atoms with E-state index in [-0.39, 0.29) is 34.1 Å². The maximum atomic E-state index is 9.99. The second kappa shape index (κ2) is 38.3. The van der Waals surface area contributed by atoms with E-state index in [2.05, 4.69) is 69.9 Å². The predicted octanol–water partition coefficient (Wildman–Crippen LogP) is 14.5. The van der Waals surface area contributed by atoms with Gasteiger partial charge in [0, 0.05) is 77.8 Å². The molecule has 14 heteroatoms. The minimum absolute atomic E-state index is 0.